The second-order valence-corrected chi connectivity index (χ2v) is 11.6. The number of nitrogens with zero attached hydrogens (tertiary/aromatic N) is 2. The number of rotatable bonds is 13. The monoisotopic (exact) mass is 570 g/mol. The molecule has 0 unspecified atom stereocenters. The molecule has 38 heavy (non-hydrogen) atoms. The topological polar surface area (TPSA) is 77.9 Å². The third kappa shape index (κ3) is 6.65. The number of amides is 2. The first-order chi connectivity index (χ1) is 18.4. The van der Waals surface area contributed by atoms with Crippen LogP contribution in [0.5, 0.6) is 0 Å². The number of para-hydroxylation sites is 1. The van der Waals surface area contributed by atoms with Crippen LogP contribution in [0.2, 0.25) is 5.02 Å². The summed E-state index contributed by atoms with van der Waals surface area (Å²) in [4.78, 5) is 41.3. The first-order valence-corrected chi connectivity index (χ1v) is 14.6. The highest BCUT2D eigenvalue weighted by Crippen LogP contribution is 2.45. The molecule has 0 spiro atoms. The maximum Gasteiger partial charge on any atom is 0.303 e. The quantitative estimate of drug-likeness (QED) is 0.158. The summed E-state index contributed by atoms with van der Waals surface area (Å²) in [7, 11) is 0. The fourth-order valence-corrected chi connectivity index (χ4v) is 6.38. The van der Waals surface area contributed by atoms with Gasteiger partial charge < -0.3 is 10.0 Å². The van der Waals surface area contributed by atoms with Crippen LogP contribution in [0.1, 0.15) is 68.9 Å². The molecule has 200 valence electrons. The van der Waals surface area contributed by atoms with Crippen molar-refractivity contribution >= 4 is 68.9 Å². The summed E-state index contributed by atoms with van der Waals surface area (Å²) in [6.07, 6.45) is 8.09. The molecule has 0 atom stereocenters. The number of carbonyl (C=O) groups excluding carboxylic acids is 2. The predicted octanol–water partition coefficient (Wildman–Crippen LogP) is 7.05. The molecule has 0 aliphatic carbocycles. The highest BCUT2D eigenvalue weighted by atomic mass is 35.5. The van der Waals surface area contributed by atoms with E-state index >= 15 is 0 Å². The van der Waals surface area contributed by atoms with E-state index in [2.05, 4.69) is 0 Å². The Hall–Kier alpha value is -2.68. The number of unbranched alkanes of at least 4 members (excludes halogenated alkanes) is 7. The number of aliphatic carboxylic acids is 1. The summed E-state index contributed by atoms with van der Waals surface area (Å²) < 4.78 is 0.491. The minimum absolute atomic E-state index is 0.198. The maximum absolute atomic E-state index is 13.7. The van der Waals surface area contributed by atoms with Gasteiger partial charge in [0.1, 0.15) is 4.32 Å². The molecule has 2 aliphatic rings. The molecule has 4 rings (SSSR count). The van der Waals surface area contributed by atoms with Crippen molar-refractivity contribution in [3.8, 4) is 0 Å². The van der Waals surface area contributed by atoms with Crippen molar-refractivity contribution in [1.82, 2.24) is 4.90 Å². The number of benzene rings is 2. The lowest BCUT2D eigenvalue weighted by Gasteiger charge is -2.18. The Balaban J connectivity index is 1.36. The van der Waals surface area contributed by atoms with Crippen LogP contribution in [0.4, 0.5) is 5.69 Å². The van der Waals surface area contributed by atoms with Crippen LogP contribution in [0.15, 0.2) is 53.4 Å². The van der Waals surface area contributed by atoms with Crippen LogP contribution in [-0.4, -0.2) is 38.7 Å². The van der Waals surface area contributed by atoms with E-state index in [1.54, 1.807) is 15.9 Å². The number of hydrogen-bond donors (Lipinski definition) is 1. The van der Waals surface area contributed by atoms with E-state index in [0.717, 1.165) is 68.2 Å². The molecule has 0 bridgehead atoms. The number of thioether (sulfide) groups is 1. The molecular formula is C29H31ClN2O4S2. The molecule has 0 saturated carbocycles. The molecule has 2 aromatic rings. The van der Waals surface area contributed by atoms with E-state index in [4.69, 9.17) is 28.9 Å². The second-order valence-electron chi connectivity index (χ2n) is 9.50. The minimum atomic E-state index is -0.729. The van der Waals surface area contributed by atoms with E-state index in [1.165, 1.54) is 11.8 Å². The zero-order valence-electron chi connectivity index (χ0n) is 21.2. The molecule has 2 amide bonds. The number of fused-ring (bicyclic) bond motifs is 1. The van der Waals surface area contributed by atoms with E-state index in [1.807, 2.05) is 42.5 Å². The van der Waals surface area contributed by atoms with Crippen molar-refractivity contribution in [3.63, 3.8) is 0 Å². The van der Waals surface area contributed by atoms with Gasteiger partial charge in [0, 0.05) is 23.6 Å². The number of hydrogen-bond acceptors (Lipinski definition) is 5. The van der Waals surface area contributed by atoms with E-state index < -0.39 is 5.97 Å². The molecule has 0 radical (unpaired) electrons. The van der Waals surface area contributed by atoms with Crippen molar-refractivity contribution < 1.29 is 19.5 Å². The first-order valence-electron chi connectivity index (χ1n) is 13.0. The summed E-state index contributed by atoms with van der Waals surface area (Å²) >= 11 is 13.1. The Kier molecular flexibility index (Phi) is 9.99. The van der Waals surface area contributed by atoms with Crippen LogP contribution < -0.4 is 4.90 Å². The van der Waals surface area contributed by atoms with E-state index in [9.17, 15) is 14.4 Å². The van der Waals surface area contributed by atoms with Crippen LogP contribution in [0, 0.1) is 0 Å². The molecule has 0 aromatic heterocycles. The molecule has 1 fully saturated rings. The van der Waals surface area contributed by atoms with Gasteiger partial charge >= 0.3 is 5.97 Å². The Morgan fingerprint density at radius 3 is 2.18 bits per heavy atom. The summed E-state index contributed by atoms with van der Waals surface area (Å²) in [5.74, 6) is -1.14. The van der Waals surface area contributed by atoms with Gasteiger partial charge in [-0.15, -0.1) is 0 Å². The lowest BCUT2D eigenvalue weighted by Crippen LogP contribution is -2.30. The number of carboxylic acid groups (broad SMARTS) is 1. The van der Waals surface area contributed by atoms with Gasteiger partial charge in [-0.05, 0) is 30.5 Å². The van der Waals surface area contributed by atoms with Gasteiger partial charge in [0.05, 0.1) is 22.7 Å². The largest absolute Gasteiger partial charge is 0.481 e. The zero-order chi connectivity index (χ0) is 27.1. The van der Waals surface area contributed by atoms with Gasteiger partial charge in [-0.2, -0.15) is 0 Å². The number of carboxylic acids is 1. The van der Waals surface area contributed by atoms with Crippen molar-refractivity contribution in [2.75, 3.05) is 11.4 Å². The first kappa shape index (κ1) is 28.3. The van der Waals surface area contributed by atoms with Gasteiger partial charge in [-0.1, -0.05) is 111 Å². The minimum Gasteiger partial charge on any atom is -0.481 e. The lowest BCUT2D eigenvalue weighted by atomic mass is 10.1. The predicted molar refractivity (Wildman–Crippen MR) is 157 cm³/mol. The Morgan fingerprint density at radius 1 is 0.842 bits per heavy atom. The fourth-order valence-electron chi connectivity index (χ4n) is 4.80. The second kappa shape index (κ2) is 13.4. The Bertz CT molecular complexity index is 1260. The van der Waals surface area contributed by atoms with Crippen LogP contribution in [0.25, 0.3) is 5.57 Å². The van der Waals surface area contributed by atoms with Crippen LogP contribution in [-0.2, 0) is 20.9 Å². The maximum atomic E-state index is 13.7. The number of anilines is 1. The van der Waals surface area contributed by atoms with Crippen molar-refractivity contribution in [2.24, 2.45) is 0 Å². The molecule has 9 heteroatoms. The molecular weight excluding hydrogens is 540 g/mol. The summed E-state index contributed by atoms with van der Waals surface area (Å²) in [5.41, 5.74) is 2.76. The Labute approximate surface area is 238 Å². The molecule has 6 nitrogen and oxygen atoms in total. The average molecular weight is 571 g/mol. The van der Waals surface area contributed by atoms with Gasteiger partial charge in [-0.3, -0.25) is 19.3 Å². The Morgan fingerprint density at radius 2 is 1.47 bits per heavy atom. The lowest BCUT2D eigenvalue weighted by molar-refractivity contribution is -0.137. The zero-order valence-corrected chi connectivity index (χ0v) is 23.5. The van der Waals surface area contributed by atoms with Gasteiger partial charge in [0.2, 0.25) is 0 Å². The summed E-state index contributed by atoms with van der Waals surface area (Å²) in [6.45, 7) is 0.859. The normalized spacial score (nSPS) is 17.0. The van der Waals surface area contributed by atoms with Crippen molar-refractivity contribution in [1.29, 1.82) is 0 Å². The van der Waals surface area contributed by atoms with Crippen molar-refractivity contribution in [2.45, 2.75) is 64.3 Å². The third-order valence-corrected chi connectivity index (χ3v) is 8.63. The van der Waals surface area contributed by atoms with Crippen LogP contribution >= 0.6 is 35.6 Å². The standard InChI is InChI=1S/C29H31ClN2O4S2/c30-22-15-10-8-13-20(22)19-32-23-16-11-9-14-21(23)25(27(32)35)26-28(36)31(29(37)38-26)18-12-6-4-2-1-3-5-7-17-24(33)34/h8-11,13-16H,1-7,12,17-19H2,(H,33,34). The highest BCUT2D eigenvalue weighted by molar-refractivity contribution is 8.26. The van der Waals surface area contributed by atoms with Gasteiger partial charge in [0.25, 0.3) is 11.8 Å². The fraction of sp³-hybridized carbons (Fsp3) is 0.379. The van der Waals surface area contributed by atoms with Gasteiger partial charge in [0.15, 0.2) is 0 Å². The molecule has 2 aromatic carbocycles. The van der Waals surface area contributed by atoms with Gasteiger partial charge in [-0.25, -0.2) is 0 Å². The number of carbonyl (C=O) groups is 3. The summed E-state index contributed by atoms with van der Waals surface area (Å²) in [6, 6.07) is 15.0. The molecule has 2 aliphatic heterocycles. The molecule has 1 N–H and O–H groups in total. The van der Waals surface area contributed by atoms with E-state index in [-0.39, 0.29) is 18.2 Å². The summed E-state index contributed by atoms with van der Waals surface area (Å²) in [5, 5.41) is 9.28. The highest BCUT2D eigenvalue weighted by Gasteiger charge is 2.41. The average Bonchev–Trinajstić information content (AvgIpc) is 3.33. The number of thiocarbonyl (C=S) groups is 1. The SMILES string of the molecule is O=C(O)CCCCCCCCCCN1C(=O)C(=C2C(=O)N(Cc3ccccc3Cl)c3ccccc32)SC1=S. The van der Waals surface area contributed by atoms with Crippen LogP contribution in [0.3, 0.4) is 0 Å². The van der Waals surface area contributed by atoms with E-state index in [0.29, 0.717) is 32.9 Å². The number of halogens is 1. The molecule has 2 heterocycles. The molecule has 1 saturated heterocycles. The smallest absolute Gasteiger partial charge is 0.303 e. The van der Waals surface area contributed by atoms with Crippen molar-refractivity contribution in [3.05, 3.63) is 69.6 Å². The third-order valence-electron chi connectivity index (χ3n) is 6.81.